The van der Waals surface area contributed by atoms with Gasteiger partial charge in [0, 0.05) is 44.5 Å². The van der Waals surface area contributed by atoms with Crippen LogP contribution in [0.3, 0.4) is 0 Å². The van der Waals surface area contributed by atoms with E-state index < -0.39 is 0 Å². The van der Waals surface area contributed by atoms with E-state index >= 15 is 0 Å². The monoisotopic (exact) mass is 358 g/mol. The molecule has 1 heterocycles. The fraction of sp³-hybridized carbons (Fsp3) is 0.667. The van der Waals surface area contributed by atoms with Crippen molar-refractivity contribution in [3.63, 3.8) is 0 Å². The van der Waals surface area contributed by atoms with E-state index in [1.54, 1.807) is 7.11 Å². The van der Waals surface area contributed by atoms with E-state index in [4.69, 9.17) is 4.74 Å². The van der Waals surface area contributed by atoms with Crippen molar-refractivity contribution in [2.75, 3.05) is 38.7 Å². The Hall–Kier alpha value is -1.91. The predicted octanol–water partition coefficient (Wildman–Crippen LogP) is 3.27. The molecular formula is C21H34N4O. The average Bonchev–Trinajstić information content (AvgIpc) is 3.16. The summed E-state index contributed by atoms with van der Waals surface area (Å²) in [5.41, 5.74) is 1.26. The molecule has 0 spiro atoms. The van der Waals surface area contributed by atoms with Gasteiger partial charge in [0.2, 0.25) is 0 Å². The molecule has 26 heavy (non-hydrogen) atoms. The van der Waals surface area contributed by atoms with Crippen LogP contribution in [0, 0.1) is 11.8 Å². The highest BCUT2D eigenvalue weighted by Crippen LogP contribution is 2.27. The van der Waals surface area contributed by atoms with E-state index in [-0.39, 0.29) is 0 Å². The maximum atomic E-state index is 5.35. The van der Waals surface area contributed by atoms with E-state index in [0.717, 1.165) is 37.3 Å². The van der Waals surface area contributed by atoms with Crippen molar-refractivity contribution in [1.82, 2.24) is 10.6 Å². The van der Waals surface area contributed by atoms with Crippen molar-refractivity contribution in [3.8, 4) is 5.75 Å². The highest BCUT2D eigenvalue weighted by atomic mass is 16.5. The van der Waals surface area contributed by atoms with Gasteiger partial charge in [-0.1, -0.05) is 13.0 Å². The predicted molar refractivity (Wildman–Crippen MR) is 109 cm³/mol. The van der Waals surface area contributed by atoms with Gasteiger partial charge in [0.15, 0.2) is 5.96 Å². The smallest absolute Gasteiger partial charge is 0.191 e. The van der Waals surface area contributed by atoms with Crippen LogP contribution in [0.25, 0.3) is 0 Å². The lowest BCUT2D eigenvalue weighted by Crippen LogP contribution is -2.46. The van der Waals surface area contributed by atoms with Crippen LogP contribution in [-0.4, -0.2) is 45.8 Å². The molecule has 1 aromatic carbocycles. The zero-order chi connectivity index (χ0) is 18.4. The third kappa shape index (κ3) is 5.05. The minimum atomic E-state index is 0.578. The van der Waals surface area contributed by atoms with Crippen LogP contribution in [0.4, 0.5) is 5.69 Å². The number of ether oxygens (including phenoxy) is 1. The normalized spacial score (nSPS) is 26.7. The molecule has 144 valence electrons. The summed E-state index contributed by atoms with van der Waals surface area (Å²) in [5, 5.41) is 7.17. The average molecular weight is 359 g/mol. The van der Waals surface area contributed by atoms with Gasteiger partial charge in [-0.25, -0.2) is 0 Å². The van der Waals surface area contributed by atoms with E-state index in [1.807, 2.05) is 13.1 Å². The van der Waals surface area contributed by atoms with Crippen LogP contribution in [0.1, 0.15) is 39.0 Å². The second-order valence-corrected chi connectivity index (χ2v) is 7.86. The third-order valence-electron chi connectivity index (χ3n) is 5.84. The van der Waals surface area contributed by atoms with Gasteiger partial charge in [-0.2, -0.15) is 0 Å². The number of benzene rings is 1. The van der Waals surface area contributed by atoms with Crippen molar-refractivity contribution in [3.05, 3.63) is 24.3 Å². The molecule has 0 aromatic heterocycles. The molecule has 1 aliphatic carbocycles. The second kappa shape index (κ2) is 9.15. The Labute approximate surface area is 158 Å². The number of hydrogen-bond acceptors (Lipinski definition) is 3. The SMILES string of the molecule is CN=C(NCC1CCN(c2cccc(OC)c2)C1)NC1CCC(C)CC1. The van der Waals surface area contributed by atoms with Gasteiger partial charge >= 0.3 is 0 Å². The summed E-state index contributed by atoms with van der Waals surface area (Å²) >= 11 is 0. The molecule has 0 bridgehead atoms. The number of rotatable bonds is 5. The largest absolute Gasteiger partial charge is 0.497 e. The van der Waals surface area contributed by atoms with Crippen LogP contribution >= 0.6 is 0 Å². The van der Waals surface area contributed by atoms with Crippen LogP contribution in [-0.2, 0) is 0 Å². The quantitative estimate of drug-likeness (QED) is 0.626. The Bertz CT molecular complexity index is 595. The molecule has 2 fully saturated rings. The number of nitrogens with one attached hydrogen (secondary N) is 2. The molecule has 1 atom stereocenters. The molecule has 5 heteroatoms. The first-order chi connectivity index (χ1) is 12.7. The summed E-state index contributed by atoms with van der Waals surface area (Å²) in [6, 6.07) is 8.94. The molecule has 0 amide bonds. The van der Waals surface area contributed by atoms with Crippen LogP contribution in [0.5, 0.6) is 5.75 Å². The molecule has 1 saturated heterocycles. The molecule has 2 aliphatic rings. The van der Waals surface area contributed by atoms with E-state index in [9.17, 15) is 0 Å². The molecule has 1 saturated carbocycles. The molecular weight excluding hydrogens is 324 g/mol. The second-order valence-electron chi connectivity index (χ2n) is 7.86. The van der Waals surface area contributed by atoms with Crippen molar-refractivity contribution in [1.29, 1.82) is 0 Å². The van der Waals surface area contributed by atoms with Crippen molar-refractivity contribution in [2.24, 2.45) is 16.8 Å². The maximum absolute atomic E-state index is 5.35. The zero-order valence-electron chi connectivity index (χ0n) is 16.5. The first-order valence-electron chi connectivity index (χ1n) is 10.0. The number of aliphatic imine (C=N–C) groups is 1. The Morgan fingerprint density at radius 1 is 1.23 bits per heavy atom. The van der Waals surface area contributed by atoms with E-state index in [1.165, 1.54) is 37.8 Å². The van der Waals surface area contributed by atoms with Gasteiger partial charge in [-0.15, -0.1) is 0 Å². The molecule has 3 rings (SSSR count). The molecule has 5 nitrogen and oxygen atoms in total. The van der Waals surface area contributed by atoms with Crippen LogP contribution in [0.15, 0.2) is 29.3 Å². The van der Waals surface area contributed by atoms with Crippen molar-refractivity contribution >= 4 is 11.6 Å². The highest BCUT2D eigenvalue weighted by Gasteiger charge is 2.24. The Morgan fingerprint density at radius 2 is 2.04 bits per heavy atom. The Balaban J connectivity index is 1.44. The lowest BCUT2D eigenvalue weighted by atomic mass is 9.87. The summed E-state index contributed by atoms with van der Waals surface area (Å²) in [6.45, 7) is 5.52. The van der Waals surface area contributed by atoms with Crippen LogP contribution in [0.2, 0.25) is 0 Å². The molecule has 1 unspecified atom stereocenters. The van der Waals surface area contributed by atoms with Crippen LogP contribution < -0.4 is 20.3 Å². The molecule has 2 N–H and O–H groups in total. The fourth-order valence-electron chi connectivity index (χ4n) is 4.07. The lowest BCUT2D eigenvalue weighted by Gasteiger charge is -2.28. The molecule has 0 radical (unpaired) electrons. The first-order valence-corrected chi connectivity index (χ1v) is 10.0. The molecule has 1 aromatic rings. The Morgan fingerprint density at radius 3 is 2.77 bits per heavy atom. The van der Waals surface area contributed by atoms with Gasteiger partial charge in [0.05, 0.1) is 7.11 Å². The minimum Gasteiger partial charge on any atom is -0.497 e. The van der Waals surface area contributed by atoms with E-state index in [2.05, 4.69) is 45.6 Å². The van der Waals surface area contributed by atoms with Crippen molar-refractivity contribution in [2.45, 2.75) is 45.1 Å². The fourth-order valence-corrected chi connectivity index (χ4v) is 4.07. The summed E-state index contributed by atoms with van der Waals surface area (Å²) in [5.74, 6) is 3.41. The summed E-state index contributed by atoms with van der Waals surface area (Å²) < 4.78 is 5.35. The zero-order valence-corrected chi connectivity index (χ0v) is 16.5. The van der Waals surface area contributed by atoms with Gasteiger partial charge in [-0.3, -0.25) is 4.99 Å². The van der Waals surface area contributed by atoms with Gasteiger partial charge < -0.3 is 20.3 Å². The van der Waals surface area contributed by atoms with Gasteiger partial charge in [0.1, 0.15) is 5.75 Å². The van der Waals surface area contributed by atoms with E-state index in [0.29, 0.717) is 12.0 Å². The highest BCUT2D eigenvalue weighted by molar-refractivity contribution is 5.80. The first kappa shape index (κ1) is 18.9. The minimum absolute atomic E-state index is 0.578. The standard InChI is InChI=1S/C21H34N4O/c1-16-7-9-18(10-8-16)24-21(22-2)23-14-17-11-12-25(15-17)19-5-4-6-20(13-19)26-3/h4-6,13,16-18H,7-12,14-15H2,1-3H3,(H2,22,23,24). The maximum Gasteiger partial charge on any atom is 0.191 e. The van der Waals surface area contributed by atoms with Gasteiger partial charge in [0.25, 0.3) is 0 Å². The third-order valence-corrected chi connectivity index (χ3v) is 5.84. The van der Waals surface area contributed by atoms with Crippen molar-refractivity contribution < 1.29 is 4.74 Å². The van der Waals surface area contributed by atoms with Gasteiger partial charge in [-0.05, 0) is 56.1 Å². The summed E-state index contributed by atoms with van der Waals surface area (Å²) in [6.07, 6.45) is 6.38. The number of hydrogen-bond donors (Lipinski definition) is 2. The topological polar surface area (TPSA) is 48.9 Å². The number of guanidine groups is 1. The summed E-state index contributed by atoms with van der Waals surface area (Å²) in [7, 11) is 3.60. The molecule has 1 aliphatic heterocycles. The number of anilines is 1. The Kier molecular flexibility index (Phi) is 6.64. The number of nitrogens with zero attached hydrogens (tertiary/aromatic N) is 2. The summed E-state index contributed by atoms with van der Waals surface area (Å²) in [4.78, 5) is 6.88. The lowest BCUT2D eigenvalue weighted by molar-refractivity contribution is 0.329. The number of methoxy groups -OCH3 is 1.